The zero-order valence-electron chi connectivity index (χ0n) is 10.9. The van der Waals surface area contributed by atoms with E-state index >= 15 is 0 Å². The van der Waals surface area contributed by atoms with Gasteiger partial charge in [-0.25, -0.2) is 0 Å². The molecule has 0 bridgehead atoms. The van der Waals surface area contributed by atoms with Crippen molar-refractivity contribution in [2.45, 2.75) is 27.2 Å². The highest BCUT2D eigenvalue weighted by molar-refractivity contribution is 4.98. The summed E-state index contributed by atoms with van der Waals surface area (Å²) in [5.41, 5.74) is 0.697. The van der Waals surface area contributed by atoms with Crippen molar-refractivity contribution in [1.82, 2.24) is 10.6 Å². The summed E-state index contributed by atoms with van der Waals surface area (Å²) in [5, 5.41) is 7.11. The Morgan fingerprint density at radius 2 is 2.00 bits per heavy atom. The zero-order valence-corrected chi connectivity index (χ0v) is 10.9. The van der Waals surface area contributed by atoms with Gasteiger partial charge in [-0.15, -0.1) is 0 Å². The summed E-state index contributed by atoms with van der Waals surface area (Å²) in [6.07, 6.45) is 1.24. The van der Waals surface area contributed by atoms with Crippen LogP contribution in [0.15, 0.2) is 0 Å². The summed E-state index contributed by atoms with van der Waals surface area (Å²) in [5.74, 6) is 0.694. The van der Waals surface area contributed by atoms with Gasteiger partial charge in [0.25, 0.3) is 0 Å². The van der Waals surface area contributed by atoms with E-state index in [2.05, 4.69) is 31.4 Å². The van der Waals surface area contributed by atoms with Gasteiger partial charge in [0.05, 0.1) is 13.2 Å². The minimum atomic E-state index is 0.347. The largest absolute Gasteiger partial charge is 0.379 e. The zero-order chi connectivity index (χ0) is 11.6. The fourth-order valence-electron chi connectivity index (χ4n) is 3.39. The molecule has 2 aliphatic rings. The molecule has 94 valence electrons. The summed E-state index contributed by atoms with van der Waals surface area (Å²) in [6.45, 7) is 13.3. The van der Waals surface area contributed by atoms with E-state index in [1.54, 1.807) is 0 Å². The Balaban J connectivity index is 2.19. The van der Waals surface area contributed by atoms with Gasteiger partial charge in [-0.1, -0.05) is 20.8 Å². The SMILES string of the molecule is CC(C)(C)C1CNCCC12CNCCOC2. The number of piperidine rings is 1. The van der Waals surface area contributed by atoms with Gasteiger partial charge < -0.3 is 15.4 Å². The van der Waals surface area contributed by atoms with Gasteiger partial charge in [-0.2, -0.15) is 0 Å². The van der Waals surface area contributed by atoms with Crippen molar-refractivity contribution in [2.24, 2.45) is 16.7 Å². The lowest BCUT2D eigenvalue weighted by atomic mass is 9.61. The second-order valence-electron chi connectivity index (χ2n) is 6.46. The molecule has 0 radical (unpaired) electrons. The van der Waals surface area contributed by atoms with Crippen LogP contribution in [0, 0.1) is 16.7 Å². The van der Waals surface area contributed by atoms with Crippen LogP contribution in [0.25, 0.3) is 0 Å². The normalized spacial score (nSPS) is 37.3. The quantitative estimate of drug-likeness (QED) is 0.652. The first-order valence-electron chi connectivity index (χ1n) is 6.54. The van der Waals surface area contributed by atoms with E-state index in [0.29, 0.717) is 16.7 Å². The highest BCUT2D eigenvalue weighted by Crippen LogP contribution is 2.44. The maximum Gasteiger partial charge on any atom is 0.0591 e. The Hall–Kier alpha value is -0.120. The van der Waals surface area contributed by atoms with Gasteiger partial charge in [-0.05, 0) is 30.8 Å². The minimum absolute atomic E-state index is 0.347. The molecular weight excluding hydrogens is 200 g/mol. The number of hydrogen-bond donors (Lipinski definition) is 2. The van der Waals surface area contributed by atoms with Crippen molar-refractivity contribution >= 4 is 0 Å². The monoisotopic (exact) mass is 226 g/mol. The summed E-state index contributed by atoms with van der Waals surface area (Å²) in [7, 11) is 0. The van der Waals surface area contributed by atoms with Crippen molar-refractivity contribution in [2.75, 3.05) is 39.4 Å². The highest BCUT2D eigenvalue weighted by atomic mass is 16.5. The number of hydrogen-bond acceptors (Lipinski definition) is 3. The van der Waals surface area contributed by atoms with Gasteiger partial charge >= 0.3 is 0 Å². The third-order valence-corrected chi connectivity index (χ3v) is 4.22. The molecule has 2 saturated heterocycles. The lowest BCUT2D eigenvalue weighted by Gasteiger charge is -2.49. The molecular formula is C13H26N2O. The molecule has 0 aromatic rings. The smallest absolute Gasteiger partial charge is 0.0591 e. The lowest BCUT2D eigenvalue weighted by molar-refractivity contribution is -0.0336. The molecule has 0 aliphatic carbocycles. The first kappa shape index (κ1) is 12.3. The Labute approximate surface area is 99.3 Å². The van der Waals surface area contributed by atoms with Crippen LogP contribution in [0.2, 0.25) is 0 Å². The number of nitrogens with one attached hydrogen (secondary N) is 2. The summed E-state index contributed by atoms with van der Waals surface area (Å²) in [4.78, 5) is 0. The van der Waals surface area contributed by atoms with E-state index in [4.69, 9.17) is 4.74 Å². The van der Waals surface area contributed by atoms with Crippen molar-refractivity contribution in [3.8, 4) is 0 Å². The number of rotatable bonds is 0. The molecule has 0 amide bonds. The fourth-order valence-corrected chi connectivity index (χ4v) is 3.39. The Kier molecular flexibility index (Phi) is 3.57. The predicted octanol–water partition coefficient (Wildman–Crippen LogP) is 1.25. The molecule has 2 fully saturated rings. The Morgan fingerprint density at radius 1 is 1.19 bits per heavy atom. The first-order chi connectivity index (χ1) is 7.55. The molecule has 3 nitrogen and oxygen atoms in total. The molecule has 2 unspecified atom stereocenters. The van der Waals surface area contributed by atoms with Crippen LogP contribution in [0.1, 0.15) is 27.2 Å². The molecule has 1 spiro atoms. The second-order valence-corrected chi connectivity index (χ2v) is 6.46. The molecule has 0 aromatic carbocycles. The molecule has 2 atom stereocenters. The molecule has 2 rings (SSSR count). The molecule has 3 heteroatoms. The van der Waals surface area contributed by atoms with Crippen LogP contribution in [0.4, 0.5) is 0 Å². The van der Waals surface area contributed by atoms with E-state index in [9.17, 15) is 0 Å². The minimum Gasteiger partial charge on any atom is -0.379 e. The fraction of sp³-hybridized carbons (Fsp3) is 1.00. The third-order valence-electron chi connectivity index (χ3n) is 4.22. The highest BCUT2D eigenvalue weighted by Gasteiger charge is 2.46. The molecule has 2 aliphatic heterocycles. The number of ether oxygens (including phenoxy) is 1. The van der Waals surface area contributed by atoms with Crippen LogP contribution in [0.5, 0.6) is 0 Å². The standard InChI is InChI=1S/C13H26N2O/c1-12(2,3)11-8-14-5-4-13(11)9-15-6-7-16-10-13/h11,14-15H,4-10H2,1-3H3. The van der Waals surface area contributed by atoms with Crippen LogP contribution >= 0.6 is 0 Å². The second kappa shape index (κ2) is 4.63. The molecule has 0 aromatic heterocycles. The van der Waals surface area contributed by atoms with Crippen LogP contribution in [-0.2, 0) is 4.74 Å². The van der Waals surface area contributed by atoms with Gasteiger partial charge in [0, 0.05) is 18.5 Å². The molecule has 2 heterocycles. The average Bonchev–Trinajstić information content (AvgIpc) is 2.43. The van der Waals surface area contributed by atoms with E-state index in [1.165, 1.54) is 6.42 Å². The van der Waals surface area contributed by atoms with E-state index < -0.39 is 0 Å². The van der Waals surface area contributed by atoms with Crippen LogP contribution in [0.3, 0.4) is 0 Å². The van der Waals surface area contributed by atoms with Crippen molar-refractivity contribution < 1.29 is 4.74 Å². The Morgan fingerprint density at radius 3 is 2.75 bits per heavy atom. The van der Waals surface area contributed by atoms with E-state index in [1.807, 2.05) is 0 Å². The van der Waals surface area contributed by atoms with Crippen molar-refractivity contribution in [1.29, 1.82) is 0 Å². The maximum absolute atomic E-state index is 5.82. The third kappa shape index (κ3) is 2.41. The lowest BCUT2D eigenvalue weighted by Crippen LogP contribution is -2.55. The van der Waals surface area contributed by atoms with E-state index in [0.717, 1.165) is 39.4 Å². The van der Waals surface area contributed by atoms with Crippen molar-refractivity contribution in [3.63, 3.8) is 0 Å². The topological polar surface area (TPSA) is 33.3 Å². The predicted molar refractivity (Wildman–Crippen MR) is 66.6 cm³/mol. The molecule has 0 saturated carbocycles. The van der Waals surface area contributed by atoms with Crippen LogP contribution in [-0.4, -0.2) is 39.4 Å². The maximum atomic E-state index is 5.82. The first-order valence-corrected chi connectivity index (χ1v) is 6.54. The average molecular weight is 226 g/mol. The Bertz CT molecular complexity index is 227. The summed E-state index contributed by atoms with van der Waals surface area (Å²) < 4.78 is 5.82. The van der Waals surface area contributed by atoms with Gasteiger partial charge in [0.15, 0.2) is 0 Å². The van der Waals surface area contributed by atoms with Crippen LogP contribution < -0.4 is 10.6 Å². The van der Waals surface area contributed by atoms with Gasteiger partial charge in [-0.3, -0.25) is 0 Å². The molecule has 16 heavy (non-hydrogen) atoms. The summed E-state index contributed by atoms with van der Waals surface area (Å²) >= 11 is 0. The van der Waals surface area contributed by atoms with E-state index in [-0.39, 0.29) is 0 Å². The molecule has 2 N–H and O–H groups in total. The van der Waals surface area contributed by atoms with Gasteiger partial charge in [0.1, 0.15) is 0 Å². The summed E-state index contributed by atoms with van der Waals surface area (Å²) in [6, 6.07) is 0. The van der Waals surface area contributed by atoms with Gasteiger partial charge in [0.2, 0.25) is 0 Å². The van der Waals surface area contributed by atoms with Crippen molar-refractivity contribution in [3.05, 3.63) is 0 Å².